The molecule has 0 saturated carbocycles. The average molecular weight is 608 g/mol. The van der Waals surface area contributed by atoms with E-state index in [0.717, 1.165) is 18.7 Å². The van der Waals surface area contributed by atoms with Crippen molar-refractivity contribution in [3.63, 3.8) is 0 Å². The number of nitrogens with zero attached hydrogens (tertiary/aromatic N) is 4. The number of pyridine rings is 1. The van der Waals surface area contributed by atoms with Crippen molar-refractivity contribution in [2.45, 2.75) is 77.9 Å². The van der Waals surface area contributed by atoms with Gasteiger partial charge in [0.15, 0.2) is 5.54 Å². The van der Waals surface area contributed by atoms with E-state index in [1.807, 2.05) is 51.1 Å². The van der Waals surface area contributed by atoms with Crippen LogP contribution in [-0.2, 0) is 25.2 Å². The molecule has 2 aromatic rings. The highest BCUT2D eigenvalue weighted by molar-refractivity contribution is 5.92. The summed E-state index contributed by atoms with van der Waals surface area (Å²) in [6.45, 7) is 18.1. The van der Waals surface area contributed by atoms with E-state index < -0.39 is 17.2 Å². The van der Waals surface area contributed by atoms with Gasteiger partial charge in [-0.15, -0.1) is 0 Å². The monoisotopic (exact) mass is 607 g/mol. The van der Waals surface area contributed by atoms with E-state index in [1.54, 1.807) is 30.3 Å². The first-order chi connectivity index (χ1) is 20.7. The first-order valence-corrected chi connectivity index (χ1v) is 15.5. The molecule has 0 radical (unpaired) electrons. The number of nitrogens with one attached hydrogen (secondary N) is 1. The lowest BCUT2D eigenvalue weighted by molar-refractivity contribution is -0.126. The van der Waals surface area contributed by atoms with Gasteiger partial charge in [0.25, 0.3) is 5.91 Å². The molecule has 2 aliphatic rings. The third kappa shape index (κ3) is 7.71. The molecule has 2 N–H and O–H groups in total. The Morgan fingerprint density at radius 2 is 1.68 bits per heavy atom. The molecule has 4 rings (SSSR count). The Hall–Kier alpha value is -3.63. The summed E-state index contributed by atoms with van der Waals surface area (Å²) in [5, 5.41) is 15.4. The van der Waals surface area contributed by atoms with Crippen molar-refractivity contribution in [1.29, 1.82) is 0 Å². The summed E-state index contributed by atoms with van der Waals surface area (Å²) < 4.78 is 11.2. The van der Waals surface area contributed by atoms with Crippen LogP contribution in [0.5, 0.6) is 0 Å². The second-order valence-electron chi connectivity index (χ2n) is 13.7. The maximum Gasteiger partial charge on any atom is 0.414 e. The molecule has 1 unspecified atom stereocenters. The molecular formula is C34H49N5O5. The average Bonchev–Trinajstić information content (AvgIpc) is 3.48. The zero-order valence-corrected chi connectivity index (χ0v) is 27.4. The van der Waals surface area contributed by atoms with Gasteiger partial charge in [0.05, 0.1) is 18.9 Å². The first kappa shape index (κ1) is 33.3. The zero-order chi connectivity index (χ0) is 32.1. The van der Waals surface area contributed by atoms with Crippen LogP contribution in [0.2, 0.25) is 0 Å². The Bertz CT molecular complexity index is 1310. The van der Waals surface area contributed by atoms with Crippen LogP contribution < -0.4 is 10.2 Å². The Kier molecular flexibility index (Phi) is 10.3. The van der Waals surface area contributed by atoms with Crippen molar-refractivity contribution in [2.24, 2.45) is 0 Å². The molecule has 2 saturated heterocycles. The van der Waals surface area contributed by atoms with Gasteiger partial charge in [-0.1, -0.05) is 39.0 Å². The Balaban J connectivity index is 1.81. The molecule has 1 atom stereocenters. The minimum Gasteiger partial charge on any atom is -0.493 e. The van der Waals surface area contributed by atoms with Gasteiger partial charge in [-0.25, -0.2) is 4.79 Å². The van der Waals surface area contributed by atoms with E-state index in [2.05, 4.69) is 36.0 Å². The zero-order valence-electron chi connectivity index (χ0n) is 27.4. The number of rotatable bonds is 8. The second-order valence-corrected chi connectivity index (χ2v) is 13.7. The Labute approximate surface area is 262 Å². The van der Waals surface area contributed by atoms with Gasteiger partial charge in [-0.2, -0.15) is 0 Å². The topological polar surface area (TPSA) is 107 Å². The number of amides is 2. The summed E-state index contributed by atoms with van der Waals surface area (Å²) in [7, 11) is 0. The van der Waals surface area contributed by atoms with Gasteiger partial charge in [0, 0.05) is 56.4 Å². The molecule has 2 amide bonds. The van der Waals surface area contributed by atoms with Crippen LogP contribution in [0.3, 0.4) is 0 Å². The highest BCUT2D eigenvalue weighted by Crippen LogP contribution is 2.40. The SMILES string of the molecule is CC(C)(C)OC(=O)N1CCC/C1=C(/O)N(c1ccc(C(C)(C)C)cc1)C(C)(C(=O)NCCN1CCOCC1)c1cccnc1. The third-order valence-electron chi connectivity index (χ3n) is 8.13. The Morgan fingerprint density at radius 3 is 2.27 bits per heavy atom. The van der Waals surface area contributed by atoms with Crippen molar-refractivity contribution in [3.05, 3.63) is 71.5 Å². The minimum atomic E-state index is -1.43. The fourth-order valence-corrected chi connectivity index (χ4v) is 5.59. The van der Waals surface area contributed by atoms with E-state index in [1.165, 1.54) is 4.90 Å². The van der Waals surface area contributed by atoms with Gasteiger partial charge >= 0.3 is 6.09 Å². The maximum atomic E-state index is 14.4. The number of aliphatic hydroxyl groups excluding tert-OH is 1. The van der Waals surface area contributed by atoms with Crippen LogP contribution in [0.1, 0.15) is 72.4 Å². The van der Waals surface area contributed by atoms with E-state index in [9.17, 15) is 14.7 Å². The molecule has 2 aliphatic heterocycles. The van der Waals surface area contributed by atoms with Crippen LogP contribution in [0.25, 0.3) is 0 Å². The molecule has 240 valence electrons. The quantitative estimate of drug-likeness (QED) is 0.389. The number of aromatic nitrogens is 1. The lowest BCUT2D eigenvalue weighted by Crippen LogP contribution is -2.56. The van der Waals surface area contributed by atoms with Crippen LogP contribution in [-0.4, -0.2) is 83.4 Å². The van der Waals surface area contributed by atoms with Crippen molar-refractivity contribution < 1.29 is 24.2 Å². The van der Waals surface area contributed by atoms with Gasteiger partial charge in [-0.3, -0.25) is 24.5 Å². The number of hydrogen-bond donors (Lipinski definition) is 2. The molecule has 2 fully saturated rings. The van der Waals surface area contributed by atoms with Gasteiger partial charge in [-0.05, 0) is 69.7 Å². The number of carbonyl (C=O) groups excluding carboxylic acids is 2. The summed E-state index contributed by atoms with van der Waals surface area (Å²) in [6.07, 6.45) is 3.88. The van der Waals surface area contributed by atoms with Crippen LogP contribution in [0, 0.1) is 0 Å². The van der Waals surface area contributed by atoms with E-state index in [-0.39, 0.29) is 17.2 Å². The van der Waals surface area contributed by atoms with Gasteiger partial charge < -0.3 is 19.9 Å². The number of likely N-dealkylation sites (tertiary alicyclic amines) is 1. The van der Waals surface area contributed by atoms with E-state index in [4.69, 9.17) is 9.47 Å². The minimum absolute atomic E-state index is 0.0909. The molecule has 0 bridgehead atoms. The van der Waals surface area contributed by atoms with Crippen molar-refractivity contribution in [1.82, 2.24) is 20.1 Å². The highest BCUT2D eigenvalue weighted by atomic mass is 16.6. The lowest BCUT2D eigenvalue weighted by Gasteiger charge is -2.42. The van der Waals surface area contributed by atoms with Crippen molar-refractivity contribution in [2.75, 3.05) is 50.8 Å². The predicted octanol–water partition coefficient (Wildman–Crippen LogP) is 5.31. The molecule has 0 spiro atoms. The summed E-state index contributed by atoms with van der Waals surface area (Å²) in [5.41, 5.74) is 0.506. The Morgan fingerprint density at radius 1 is 1.00 bits per heavy atom. The van der Waals surface area contributed by atoms with Gasteiger partial charge in [0.1, 0.15) is 5.60 Å². The fourth-order valence-electron chi connectivity index (χ4n) is 5.59. The fraction of sp³-hybridized carbons (Fsp3) is 0.559. The number of carbonyl (C=O) groups is 2. The van der Waals surface area contributed by atoms with E-state index in [0.29, 0.717) is 62.6 Å². The third-order valence-corrected chi connectivity index (χ3v) is 8.13. The molecule has 10 nitrogen and oxygen atoms in total. The summed E-state index contributed by atoms with van der Waals surface area (Å²) in [5.74, 6) is -0.473. The van der Waals surface area contributed by atoms with Gasteiger partial charge in [0.2, 0.25) is 5.88 Å². The van der Waals surface area contributed by atoms with Crippen LogP contribution >= 0.6 is 0 Å². The van der Waals surface area contributed by atoms with E-state index >= 15 is 0 Å². The molecule has 0 aliphatic carbocycles. The molecule has 10 heteroatoms. The lowest BCUT2D eigenvalue weighted by atomic mass is 9.86. The molecule has 3 heterocycles. The number of aliphatic hydroxyl groups is 1. The summed E-state index contributed by atoms with van der Waals surface area (Å²) in [4.78, 5) is 37.4. The normalized spacial score (nSPS) is 18.8. The molecular weight excluding hydrogens is 558 g/mol. The number of ether oxygens (including phenoxy) is 2. The second kappa shape index (κ2) is 13.6. The summed E-state index contributed by atoms with van der Waals surface area (Å²) in [6, 6.07) is 11.5. The highest BCUT2D eigenvalue weighted by Gasteiger charge is 2.46. The van der Waals surface area contributed by atoms with Crippen molar-refractivity contribution in [3.8, 4) is 0 Å². The number of anilines is 1. The maximum absolute atomic E-state index is 14.4. The standard InChI is InChI=1S/C34H49N5O5/c1-32(2,3)25-12-14-27(15-13-25)39(29(40)28-11-9-18-38(28)31(42)44-33(4,5)6)34(7,26-10-8-16-35-24-26)30(41)36-17-19-37-20-22-43-23-21-37/h8,10,12-16,24,40H,9,11,17-23H2,1-7H3,(H,36,41)/b29-28-. The predicted molar refractivity (Wildman–Crippen MR) is 171 cm³/mol. The van der Waals surface area contributed by atoms with Crippen molar-refractivity contribution >= 4 is 17.7 Å². The molecule has 44 heavy (non-hydrogen) atoms. The number of morpholine rings is 1. The first-order valence-electron chi connectivity index (χ1n) is 15.5. The summed E-state index contributed by atoms with van der Waals surface area (Å²) >= 11 is 0. The molecule has 1 aromatic carbocycles. The number of allylic oxidation sites excluding steroid dienone is 1. The largest absolute Gasteiger partial charge is 0.493 e. The van der Waals surface area contributed by atoms with Crippen LogP contribution in [0.15, 0.2) is 60.4 Å². The number of hydrogen-bond acceptors (Lipinski definition) is 8. The number of benzene rings is 1. The van der Waals surface area contributed by atoms with Crippen LogP contribution in [0.4, 0.5) is 10.5 Å². The smallest absolute Gasteiger partial charge is 0.414 e. The molecule has 1 aromatic heterocycles.